The summed E-state index contributed by atoms with van der Waals surface area (Å²) in [6.07, 6.45) is 5.43. The fourth-order valence-electron chi connectivity index (χ4n) is 5.78. The molecular weight excluding hydrogens is 459 g/mol. The first-order valence-corrected chi connectivity index (χ1v) is 12.6. The van der Waals surface area contributed by atoms with Gasteiger partial charge in [0, 0.05) is 19.4 Å². The normalized spacial score (nSPS) is 26.8. The molecule has 2 aromatic rings. The first-order valence-electron chi connectivity index (χ1n) is 12.6. The van der Waals surface area contributed by atoms with E-state index in [2.05, 4.69) is 36.1 Å². The van der Waals surface area contributed by atoms with E-state index in [1.165, 1.54) is 18.6 Å². The largest absolute Gasteiger partial charge is 0.611 e. The summed E-state index contributed by atoms with van der Waals surface area (Å²) in [4.78, 5) is 47.3. The van der Waals surface area contributed by atoms with E-state index in [1.54, 1.807) is 0 Å². The van der Waals surface area contributed by atoms with Crippen LogP contribution in [0, 0.1) is 5.92 Å². The average molecular weight is 494 g/mol. The fourth-order valence-corrected chi connectivity index (χ4v) is 5.78. The fraction of sp³-hybridized carbons (Fsp3) is 0.500. The van der Waals surface area contributed by atoms with E-state index in [1.807, 2.05) is 37.4 Å². The van der Waals surface area contributed by atoms with Gasteiger partial charge in [-0.05, 0) is 37.1 Å². The summed E-state index contributed by atoms with van der Waals surface area (Å²) in [7, 11) is 2.00. The quantitative estimate of drug-likeness (QED) is 0.506. The highest BCUT2D eigenvalue weighted by Gasteiger charge is 2.67. The molecule has 4 rings (SSSR count). The molecule has 2 saturated heterocycles. The second kappa shape index (κ2) is 10.5. The van der Waals surface area contributed by atoms with Crippen molar-refractivity contribution in [3.8, 4) is 0 Å². The lowest BCUT2D eigenvalue weighted by atomic mass is 9.51. The van der Waals surface area contributed by atoms with Gasteiger partial charge < -0.3 is 19.0 Å². The standard InChI is InChI=1S/C26H35BN4O5/c1-18(2)12-21(27-31(4,16-25(33)36-27)19(3)17-35-27)14-24(32)22(13-20-8-6-5-7-9-20)30-26(34)23-15-28-10-11-29-23/h5-11,15,18-19,21-22H,12-14,16-17H2,1-4H3,(H,30,34)/t19-,21+,22-,27?,31?/m0/s1. The molecule has 10 heteroatoms. The van der Waals surface area contributed by atoms with E-state index in [9.17, 15) is 14.4 Å². The first-order chi connectivity index (χ1) is 17.1. The maximum absolute atomic E-state index is 13.9. The van der Waals surface area contributed by atoms with Crippen LogP contribution in [0.25, 0.3) is 0 Å². The van der Waals surface area contributed by atoms with E-state index in [0.717, 1.165) is 5.56 Å². The summed E-state index contributed by atoms with van der Waals surface area (Å²) in [6.45, 7) is 4.87. The van der Waals surface area contributed by atoms with Crippen LogP contribution >= 0.6 is 0 Å². The lowest BCUT2D eigenvalue weighted by Crippen LogP contribution is -2.65. The van der Waals surface area contributed by atoms with Crippen molar-refractivity contribution in [2.45, 2.75) is 57.9 Å². The van der Waals surface area contributed by atoms with Gasteiger partial charge in [-0.3, -0.25) is 19.4 Å². The number of rotatable bonds is 10. The third-order valence-corrected chi connectivity index (χ3v) is 7.78. The van der Waals surface area contributed by atoms with Crippen molar-refractivity contribution in [3.05, 3.63) is 60.2 Å². The van der Waals surface area contributed by atoms with Crippen LogP contribution in [-0.2, 0) is 25.3 Å². The highest BCUT2D eigenvalue weighted by molar-refractivity contribution is 6.65. The molecule has 36 heavy (non-hydrogen) atoms. The predicted octanol–water partition coefficient (Wildman–Crippen LogP) is 2.55. The van der Waals surface area contributed by atoms with E-state index >= 15 is 0 Å². The summed E-state index contributed by atoms with van der Waals surface area (Å²) < 4.78 is 12.6. The highest BCUT2D eigenvalue weighted by Crippen LogP contribution is 2.48. The van der Waals surface area contributed by atoms with Gasteiger partial charge >= 0.3 is 12.7 Å². The Kier molecular flexibility index (Phi) is 7.56. The van der Waals surface area contributed by atoms with Crippen molar-refractivity contribution < 1.29 is 28.1 Å². The number of benzene rings is 1. The van der Waals surface area contributed by atoms with Gasteiger partial charge in [-0.2, -0.15) is 0 Å². The van der Waals surface area contributed by atoms with E-state index < -0.39 is 18.6 Å². The molecule has 2 aliphatic rings. The minimum atomic E-state index is -2.06. The molecule has 3 heterocycles. The van der Waals surface area contributed by atoms with E-state index in [0.29, 0.717) is 23.8 Å². The lowest BCUT2D eigenvalue weighted by molar-refractivity contribution is -0.822. The highest BCUT2D eigenvalue weighted by atomic mass is 16.7. The molecule has 0 saturated carbocycles. The number of quaternary nitrogens is 1. The summed E-state index contributed by atoms with van der Waals surface area (Å²) in [6, 6.07) is 8.87. The molecule has 9 nitrogen and oxygen atoms in total. The van der Waals surface area contributed by atoms with Crippen LogP contribution in [0.3, 0.4) is 0 Å². The molecule has 1 amide bonds. The topological polar surface area (TPSA) is 107 Å². The van der Waals surface area contributed by atoms with Crippen molar-refractivity contribution in [2.75, 3.05) is 20.2 Å². The van der Waals surface area contributed by atoms with Crippen LogP contribution in [0.4, 0.5) is 0 Å². The number of likely N-dealkylation sites (N-methyl/N-ethyl adjacent to an activating group) is 1. The molecule has 2 fully saturated rings. The number of carbonyl (C=O) groups excluding carboxylic acids is 3. The molecule has 2 unspecified atom stereocenters. The van der Waals surface area contributed by atoms with Crippen LogP contribution < -0.4 is 5.32 Å². The van der Waals surface area contributed by atoms with Crippen molar-refractivity contribution in [2.24, 2.45) is 5.92 Å². The Balaban J connectivity index is 1.62. The van der Waals surface area contributed by atoms with Crippen molar-refractivity contribution >= 4 is 24.3 Å². The Morgan fingerprint density at radius 2 is 1.97 bits per heavy atom. The number of fused-ring (bicyclic) bond motifs is 1. The van der Waals surface area contributed by atoms with Gasteiger partial charge in [0.1, 0.15) is 12.2 Å². The van der Waals surface area contributed by atoms with Gasteiger partial charge in [-0.25, -0.2) is 4.98 Å². The average Bonchev–Trinajstić information content (AvgIpc) is 3.26. The second-order valence-corrected chi connectivity index (χ2v) is 10.8. The van der Waals surface area contributed by atoms with Gasteiger partial charge in [-0.1, -0.05) is 50.6 Å². The number of ketones is 1. The molecular formula is C26H35BN4O5. The Labute approximate surface area is 212 Å². The Hall–Kier alpha value is -3.11. The lowest BCUT2D eigenvalue weighted by Gasteiger charge is -2.48. The zero-order valence-electron chi connectivity index (χ0n) is 21.4. The summed E-state index contributed by atoms with van der Waals surface area (Å²) >= 11 is 0. The number of carbonyl (C=O) groups is 3. The minimum absolute atomic E-state index is 0.0812. The maximum atomic E-state index is 13.9. The van der Waals surface area contributed by atoms with Gasteiger partial charge in [0.2, 0.25) is 0 Å². The number of amides is 1. The first kappa shape index (κ1) is 26.0. The minimum Gasteiger partial charge on any atom is -0.611 e. The van der Waals surface area contributed by atoms with Crippen molar-refractivity contribution in [3.63, 3.8) is 0 Å². The van der Waals surface area contributed by atoms with Gasteiger partial charge in [0.25, 0.3) is 5.91 Å². The molecule has 0 aliphatic carbocycles. The molecule has 0 bridgehead atoms. The summed E-state index contributed by atoms with van der Waals surface area (Å²) in [5, 5.41) is 2.88. The molecule has 5 atom stereocenters. The van der Waals surface area contributed by atoms with Crippen molar-refractivity contribution in [1.82, 2.24) is 15.3 Å². The molecule has 0 radical (unpaired) electrons. The van der Waals surface area contributed by atoms with Gasteiger partial charge in [0.15, 0.2) is 5.78 Å². The molecule has 192 valence electrons. The Morgan fingerprint density at radius 3 is 2.64 bits per heavy atom. The van der Waals surface area contributed by atoms with Crippen molar-refractivity contribution in [1.29, 1.82) is 0 Å². The van der Waals surface area contributed by atoms with Gasteiger partial charge in [-0.15, -0.1) is 0 Å². The number of Topliss-reactive ketones (excluding diaryl/α,β-unsaturated/α-hetero) is 1. The molecule has 0 spiro atoms. The molecule has 2 aliphatic heterocycles. The Morgan fingerprint density at radius 1 is 1.22 bits per heavy atom. The maximum Gasteiger partial charge on any atom is 0.531 e. The number of nitrogens with zero attached hydrogens (tertiary/aromatic N) is 3. The van der Waals surface area contributed by atoms with E-state index in [4.69, 9.17) is 9.31 Å². The van der Waals surface area contributed by atoms with Gasteiger partial charge in [0.05, 0.1) is 24.9 Å². The van der Waals surface area contributed by atoms with Crippen LogP contribution in [-0.4, -0.2) is 71.0 Å². The number of nitrogens with one attached hydrogen (secondary N) is 1. The molecule has 1 aromatic carbocycles. The molecule has 1 N–H and O–H groups in total. The predicted molar refractivity (Wildman–Crippen MR) is 135 cm³/mol. The number of hydrogen-bond acceptors (Lipinski definition) is 7. The third-order valence-electron chi connectivity index (χ3n) is 7.78. The third kappa shape index (κ3) is 5.06. The second-order valence-electron chi connectivity index (χ2n) is 10.8. The zero-order valence-corrected chi connectivity index (χ0v) is 21.4. The summed E-state index contributed by atoms with van der Waals surface area (Å²) in [5.41, 5.74) is 1.07. The summed E-state index contributed by atoms with van der Waals surface area (Å²) in [5.74, 6) is -0.920. The SMILES string of the molecule is CC(C)C[C@H](CC(=O)[C@H](Cc1ccccc1)NC(=O)c1cnccn1)[B-]12OC[C@H](C)[N+]1(C)CC(=O)O2. The Bertz CT molecular complexity index is 1100. The monoisotopic (exact) mass is 494 g/mol. The molecule has 1 aromatic heterocycles. The van der Waals surface area contributed by atoms with Crippen LogP contribution in [0.5, 0.6) is 0 Å². The van der Waals surface area contributed by atoms with Crippen LogP contribution in [0.2, 0.25) is 5.82 Å². The smallest absolute Gasteiger partial charge is 0.531 e. The van der Waals surface area contributed by atoms with E-state index in [-0.39, 0.29) is 48.2 Å². The van der Waals surface area contributed by atoms with Crippen LogP contribution in [0.1, 0.15) is 49.7 Å². The zero-order chi connectivity index (χ0) is 25.9. The van der Waals surface area contributed by atoms with Crippen LogP contribution in [0.15, 0.2) is 48.9 Å². The number of aromatic nitrogens is 2. The number of hydrogen-bond donors (Lipinski definition) is 1.